The number of carbonyl (C=O) groups excluding carboxylic acids is 2. The third kappa shape index (κ3) is 5.63. The van der Waals surface area contributed by atoms with Crippen molar-refractivity contribution in [1.29, 1.82) is 0 Å². The fraction of sp³-hybridized carbons (Fsp3) is 0.407. The van der Waals surface area contributed by atoms with E-state index in [1.165, 1.54) is 0 Å². The molecule has 0 aromatic heterocycles. The van der Waals surface area contributed by atoms with Crippen LogP contribution in [0, 0.1) is 5.92 Å². The number of ketones is 1. The van der Waals surface area contributed by atoms with Gasteiger partial charge in [0, 0.05) is 18.7 Å². The van der Waals surface area contributed by atoms with Gasteiger partial charge >= 0.3 is 0 Å². The van der Waals surface area contributed by atoms with E-state index in [9.17, 15) is 14.7 Å². The van der Waals surface area contributed by atoms with Crippen LogP contribution in [-0.2, 0) is 9.59 Å². The molecule has 1 aliphatic heterocycles. The average molecular weight is 451 g/mol. The number of hydrogen-bond donors (Lipinski definition) is 1. The molecular formula is C27H34N2O4. The fourth-order valence-electron chi connectivity index (χ4n) is 4.03. The summed E-state index contributed by atoms with van der Waals surface area (Å²) >= 11 is 0. The van der Waals surface area contributed by atoms with Crippen molar-refractivity contribution in [2.75, 3.05) is 32.8 Å². The molecule has 0 aliphatic carbocycles. The summed E-state index contributed by atoms with van der Waals surface area (Å²) < 4.78 is 5.79. The van der Waals surface area contributed by atoms with Crippen molar-refractivity contribution >= 4 is 17.4 Å². The molecule has 3 rings (SSSR count). The van der Waals surface area contributed by atoms with Gasteiger partial charge in [-0.3, -0.25) is 9.59 Å². The number of amides is 1. The highest BCUT2D eigenvalue weighted by molar-refractivity contribution is 6.46. The quantitative estimate of drug-likeness (QED) is 0.328. The van der Waals surface area contributed by atoms with Crippen LogP contribution >= 0.6 is 0 Å². The number of hydrogen-bond acceptors (Lipinski definition) is 5. The molecule has 6 heteroatoms. The maximum atomic E-state index is 13.1. The van der Waals surface area contributed by atoms with E-state index in [0.717, 1.165) is 18.7 Å². The van der Waals surface area contributed by atoms with Gasteiger partial charge in [-0.05, 0) is 36.7 Å². The molecule has 1 unspecified atom stereocenters. The molecule has 1 heterocycles. The first-order valence-electron chi connectivity index (χ1n) is 11.7. The summed E-state index contributed by atoms with van der Waals surface area (Å²) in [5.41, 5.74) is 1.37. The van der Waals surface area contributed by atoms with E-state index >= 15 is 0 Å². The van der Waals surface area contributed by atoms with Crippen LogP contribution in [0.25, 0.3) is 5.76 Å². The number of benzene rings is 2. The zero-order chi connectivity index (χ0) is 24.0. The van der Waals surface area contributed by atoms with E-state index in [2.05, 4.69) is 32.6 Å². The Morgan fingerprint density at radius 3 is 2.39 bits per heavy atom. The summed E-state index contributed by atoms with van der Waals surface area (Å²) in [6, 6.07) is 15.8. The van der Waals surface area contributed by atoms with Gasteiger partial charge in [0.25, 0.3) is 11.7 Å². The Balaban J connectivity index is 2.03. The van der Waals surface area contributed by atoms with Crippen LogP contribution in [0.2, 0.25) is 0 Å². The van der Waals surface area contributed by atoms with Crippen LogP contribution < -0.4 is 4.74 Å². The smallest absolute Gasteiger partial charge is 0.295 e. The van der Waals surface area contributed by atoms with E-state index < -0.39 is 17.7 Å². The van der Waals surface area contributed by atoms with Gasteiger partial charge in [0.1, 0.15) is 11.5 Å². The predicted molar refractivity (Wildman–Crippen MR) is 130 cm³/mol. The summed E-state index contributed by atoms with van der Waals surface area (Å²) in [5, 5.41) is 11.2. The van der Waals surface area contributed by atoms with Gasteiger partial charge in [0.2, 0.25) is 0 Å². The topological polar surface area (TPSA) is 70.1 Å². The Morgan fingerprint density at radius 2 is 1.76 bits per heavy atom. The standard InChI is InChI=1S/C27H34N2O4/c1-5-28(6-2)15-16-29-24(20-11-8-7-9-12-20)23(26(31)27(29)32)25(30)21-13-10-14-22(17-21)33-18-19(3)4/h7-14,17,19,24,30H,5-6,15-16,18H2,1-4H3/b25-23-. The number of likely N-dealkylation sites (N-methyl/N-ethyl adjacent to an activating group) is 1. The number of aliphatic hydroxyl groups is 1. The lowest BCUT2D eigenvalue weighted by atomic mass is 9.95. The van der Waals surface area contributed by atoms with Gasteiger partial charge in [-0.2, -0.15) is 0 Å². The Labute approximate surface area is 196 Å². The van der Waals surface area contributed by atoms with Crippen molar-refractivity contribution in [1.82, 2.24) is 9.80 Å². The van der Waals surface area contributed by atoms with Crippen LogP contribution in [0.1, 0.15) is 44.9 Å². The molecule has 1 atom stereocenters. The molecule has 2 aromatic carbocycles. The van der Waals surface area contributed by atoms with Crippen LogP contribution in [0.4, 0.5) is 0 Å². The second-order valence-corrected chi connectivity index (χ2v) is 8.66. The number of rotatable bonds is 10. The zero-order valence-electron chi connectivity index (χ0n) is 20.0. The third-order valence-electron chi connectivity index (χ3n) is 5.90. The lowest BCUT2D eigenvalue weighted by Crippen LogP contribution is -2.38. The SMILES string of the molecule is CCN(CC)CCN1C(=O)C(=O)/C(=C(\O)c2cccc(OCC(C)C)c2)C1c1ccccc1. The molecule has 1 N–H and O–H groups in total. The molecule has 33 heavy (non-hydrogen) atoms. The molecule has 1 saturated heterocycles. The predicted octanol–water partition coefficient (Wildman–Crippen LogP) is 4.48. The highest BCUT2D eigenvalue weighted by atomic mass is 16.5. The number of ether oxygens (including phenoxy) is 1. The minimum absolute atomic E-state index is 0.117. The zero-order valence-corrected chi connectivity index (χ0v) is 20.0. The molecule has 1 aliphatic rings. The highest BCUT2D eigenvalue weighted by Gasteiger charge is 2.45. The molecule has 6 nitrogen and oxygen atoms in total. The van der Waals surface area contributed by atoms with E-state index in [0.29, 0.717) is 36.9 Å². The fourth-order valence-corrected chi connectivity index (χ4v) is 4.03. The molecule has 1 amide bonds. The third-order valence-corrected chi connectivity index (χ3v) is 5.90. The Bertz CT molecular complexity index is 996. The summed E-state index contributed by atoms with van der Waals surface area (Å²) in [7, 11) is 0. The van der Waals surface area contributed by atoms with Crippen molar-refractivity contribution in [2.45, 2.75) is 33.7 Å². The van der Waals surface area contributed by atoms with E-state index in [-0.39, 0.29) is 11.3 Å². The largest absolute Gasteiger partial charge is 0.507 e. The Hall–Kier alpha value is -3.12. The maximum Gasteiger partial charge on any atom is 0.295 e. The summed E-state index contributed by atoms with van der Waals surface area (Å²) in [6.07, 6.45) is 0. The van der Waals surface area contributed by atoms with Gasteiger partial charge in [-0.15, -0.1) is 0 Å². The van der Waals surface area contributed by atoms with Gasteiger partial charge in [0.05, 0.1) is 18.2 Å². The average Bonchev–Trinajstić information content (AvgIpc) is 3.08. The normalized spacial score (nSPS) is 17.9. The molecular weight excluding hydrogens is 416 g/mol. The second kappa shape index (κ2) is 11.1. The van der Waals surface area contributed by atoms with Crippen LogP contribution in [0.15, 0.2) is 60.2 Å². The number of aliphatic hydroxyl groups excluding tert-OH is 1. The van der Waals surface area contributed by atoms with Crippen LogP contribution in [-0.4, -0.2) is 59.4 Å². The van der Waals surface area contributed by atoms with E-state index in [1.807, 2.05) is 36.4 Å². The summed E-state index contributed by atoms with van der Waals surface area (Å²) in [5.74, 6) is -0.446. The van der Waals surface area contributed by atoms with Gasteiger partial charge in [-0.1, -0.05) is 70.2 Å². The minimum atomic E-state index is -0.658. The first-order valence-corrected chi connectivity index (χ1v) is 11.7. The van der Waals surface area contributed by atoms with Crippen LogP contribution in [0.3, 0.4) is 0 Å². The van der Waals surface area contributed by atoms with Gasteiger partial charge in [0.15, 0.2) is 0 Å². The van der Waals surface area contributed by atoms with Crippen molar-refractivity contribution in [3.63, 3.8) is 0 Å². The van der Waals surface area contributed by atoms with Gasteiger partial charge < -0.3 is 19.6 Å². The highest BCUT2D eigenvalue weighted by Crippen LogP contribution is 2.39. The van der Waals surface area contributed by atoms with Crippen molar-refractivity contribution in [3.8, 4) is 5.75 Å². The number of carbonyl (C=O) groups is 2. The van der Waals surface area contributed by atoms with E-state index in [4.69, 9.17) is 4.74 Å². The van der Waals surface area contributed by atoms with Crippen LogP contribution in [0.5, 0.6) is 5.75 Å². The lowest BCUT2D eigenvalue weighted by molar-refractivity contribution is -0.140. The molecule has 1 fully saturated rings. The minimum Gasteiger partial charge on any atom is -0.507 e. The first kappa shape index (κ1) is 24.5. The summed E-state index contributed by atoms with van der Waals surface area (Å²) in [6.45, 7) is 11.6. The second-order valence-electron chi connectivity index (χ2n) is 8.66. The Kier molecular flexibility index (Phi) is 8.28. The lowest BCUT2D eigenvalue weighted by Gasteiger charge is -2.28. The molecule has 0 saturated carbocycles. The number of Topliss-reactive ketones (excluding diaryl/α,β-unsaturated/α-hetero) is 1. The summed E-state index contributed by atoms with van der Waals surface area (Å²) in [4.78, 5) is 30.0. The molecule has 176 valence electrons. The van der Waals surface area contributed by atoms with Crippen molar-refractivity contribution in [2.24, 2.45) is 5.92 Å². The monoisotopic (exact) mass is 450 g/mol. The van der Waals surface area contributed by atoms with Crippen molar-refractivity contribution in [3.05, 3.63) is 71.3 Å². The first-order chi connectivity index (χ1) is 15.9. The van der Waals surface area contributed by atoms with E-state index in [1.54, 1.807) is 23.1 Å². The number of likely N-dealkylation sites (tertiary alicyclic amines) is 1. The van der Waals surface area contributed by atoms with Gasteiger partial charge in [-0.25, -0.2) is 0 Å². The molecule has 0 radical (unpaired) electrons. The molecule has 2 aromatic rings. The molecule has 0 bridgehead atoms. The number of nitrogens with zero attached hydrogens (tertiary/aromatic N) is 2. The molecule has 0 spiro atoms. The Morgan fingerprint density at radius 1 is 1.06 bits per heavy atom. The maximum absolute atomic E-state index is 13.1. The van der Waals surface area contributed by atoms with Crippen molar-refractivity contribution < 1.29 is 19.4 Å².